The molecule has 1 heterocycles. The normalized spacial score (nSPS) is 40.0. The maximum absolute atomic E-state index is 13.0. The van der Waals surface area contributed by atoms with E-state index < -0.39 is 35.9 Å². The van der Waals surface area contributed by atoms with Crippen LogP contribution in [0.15, 0.2) is 0 Å². The van der Waals surface area contributed by atoms with Crippen LogP contribution in [0, 0.1) is 17.8 Å². The third kappa shape index (κ3) is 1.66. The van der Waals surface area contributed by atoms with Gasteiger partial charge < -0.3 is 4.74 Å². The highest BCUT2D eigenvalue weighted by Gasteiger charge is 2.80. The molecule has 0 bridgehead atoms. The van der Waals surface area contributed by atoms with Crippen LogP contribution in [0.1, 0.15) is 26.7 Å². The lowest BCUT2D eigenvalue weighted by Gasteiger charge is -2.37. The van der Waals surface area contributed by atoms with Crippen molar-refractivity contribution < 1.29 is 31.1 Å². The number of fused-ring (bicyclic) bond motifs is 1. The molecular weight excluding hydrogens is 262 g/mol. The summed E-state index contributed by atoms with van der Waals surface area (Å²) in [5, 5.41) is 0. The van der Waals surface area contributed by atoms with Crippen molar-refractivity contribution in [1.82, 2.24) is 0 Å². The van der Waals surface area contributed by atoms with E-state index in [9.17, 15) is 26.3 Å². The fourth-order valence-corrected chi connectivity index (χ4v) is 3.50. The third-order valence-corrected chi connectivity index (χ3v) is 4.19. The van der Waals surface area contributed by atoms with Crippen molar-refractivity contribution in [3.8, 4) is 0 Å². The van der Waals surface area contributed by atoms with E-state index in [4.69, 9.17) is 0 Å². The Morgan fingerprint density at radius 3 is 1.89 bits per heavy atom. The summed E-state index contributed by atoms with van der Waals surface area (Å²) in [7, 11) is 0. The zero-order valence-electron chi connectivity index (χ0n) is 9.90. The first-order valence-electron chi connectivity index (χ1n) is 5.82. The van der Waals surface area contributed by atoms with Crippen molar-refractivity contribution in [2.75, 3.05) is 0 Å². The largest absolute Gasteiger partial charge is 0.426 e. The Kier molecular flexibility index (Phi) is 2.93. The summed E-state index contributed by atoms with van der Waals surface area (Å²) >= 11 is 0. The number of rotatable bonds is 0. The summed E-state index contributed by atoms with van der Waals surface area (Å²) in [6.07, 6.45) is -11.6. The van der Waals surface area contributed by atoms with Crippen molar-refractivity contribution in [2.24, 2.45) is 17.8 Å². The quantitative estimate of drug-likeness (QED) is 0.609. The van der Waals surface area contributed by atoms with Crippen molar-refractivity contribution >= 4 is 0 Å². The highest BCUT2D eigenvalue weighted by Crippen LogP contribution is 2.62. The standard InChI is InChI=1S/C11H14F6O/c1-5-3-7-6(2)18-9(8(7)4-5,10(12,13)14)11(15,16)17/h5-8H,3-4H2,1-2H3/t5-,6?,7-,8?/m1/s1. The molecule has 1 saturated heterocycles. The summed E-state index contributed by atoms with van der Waals surface area (Å²) in [5.41, 5.74) is -3.98. The fraction of sp³-hybridized carbons (Fsp3) is 1.00. The van der Waals surface area contributed by atoms with Crippen molar-refractivity contribution in [3.63, 3.8) is 0 Å². The molecule has 0 N–H and O–H groups in total. The first kappa shape index (κ1) is 14.0. The van der Waals surface area contributed by atoms with Crippen LogP contribution in [0.2, 0.25) is 0 Å². The Morgan fingerprint density at radius 1 is 0.944 bits per heavy atom. The first-order chi connectivity index (χ1) is 8.00. The summed E-state index contributed by atoms with van der Waals surface area (Å²) in [6.45, 7) is 2.98. The molecule has 1 saturated carbocycles. The lowest BCUT2D eigenvalue weighted by atomic mass is 9.80. The molecule has 0 aromatic rings. The van der Waals surface area contributed by atoms with Gasteiger partial charge >= 0.3 is 12.4 Å². The van der Waals surface area contributed by atoms with Crippen LogP contribution in [0.25, 0.3) is 0 Å². The topological polar surface area (TPSA) is 9.23 Å². The zero-order chi connectivity index (χ0) is 13.9. The third-order valence-electron chi connectivity index (χ3n) is 4.19. The van der Waals surface area contributed by atoms with E-state index in [0.29, 0.717) is 6.42 Å². The van der Waals surface area contributed by atoms with Gasteiger partial charge in [-0.2, -0.15) is 26.3 Å². The number of hydrogen-bond acceptors (Lipinski definition) is 1. The maximum atomic E-state index is 13.0. The van der Waals surface area contributed by atoms with Crippen LogP contribution in [-0.2, 0) is 4.74 Å². The minimum atomic E-state index is -5.43. The summed E-state index contributed by atoms with van der Waals surface area (Å²) in [5.74, 6) is -2.30. The molecule has 0 radical (unpaired) electrons. The molecular formula is C11H14F6O. The molecule has 0 aromatic heterocycles. The second-order valence-corrected chi connectivity index (χ2v) is 5.40. The average Bonchev–Trinajstić information content (AvgIpc) is 2.61. The average molecular weight is 276 g/mol. The minimum Gasteiger partial charge on any atom is -0.354 e. The van der Waals surface area contributed by atoms with E-state index in [1.54, 1.807) is 6.92 Å². The lowest BCUT2D eigenvalue weighted by molar-refractivity contribution is -0.385. The summed E-state index contributed by atoms with van der Waals surface area (Å²) in [4.78, 5) is 0. The molecule has 2 aliphatic rings. The molecule has 1 aliphatic heterocycles. The molecule has 0 spiro atoms. The number of halogens is 6. The molecule has 2 fully saturated rings. The number of alkyl halides is 6. The van der Waals surface area contributed by atoms with Gasteiger partial charge in [0.2, 0.25) is 0 Å². The highest BCUT2D eigenvalue weighted by atomic mass is 19.4. The van der Waals surface area contributed by atoms with E-state index in [2.05, 4.69) is 4.74 Å². The molecule has 4 atom stereocenters. The van der Waals surface area contributed by atoms with E-state index in [1.165, 1.54) is 6.92 Å². The number of hydrogen-bond donors (Lipinski definition) is 0. The van der Waals surface area contributed by atoms with Gasteiger partial charge in [-0.15, -0.1) is 0 Å². The molecule has 106 valence electrons. The summed E-state index contributed by atoms with van der Waals surface area (Å²) in [6, 6.07) is 0. The van der Waals surface area contributed by atoms with Gasteiger partial charge in [0.1, 0.15) is 0 Å². The van der Waals surface area contributed by atoms with Crippen LogP contribution < -0.4 is 0 Å². The van der Waals surface area contributed by atoms with Crippen molar-refractivity contribution in [2.45, 2.75) is 50.7 Å². The van der Waals surface area contributed by atoms with E-state index in [1.807, 2.05) is 0 Å². The zero-order valence-corrected chi connectivity index (χ0v) is 9.90. The predicted molar refractivity (Wildman–Crippen MR) is 50.8 cm³/mol. The van der Waals surface area contributed by atoms with Crippen LogP contribution in [0.4, 0.5) is 26.3 Å². The molecule has 1 aliphatic carbocycles. The summed E-state index contributed by atoms with van der Waals surface area (Å²) < 4.78 is 82.5. The van der Waals surface area contributed by atoms with Gasteiger partial charge in [-0.1, -0.05) is 6.92 Å². The maximum Gasteiger partial charge on any atom is 0.426 e. The van der Waals surface area contributed by atoms with Crippen LogP contribution in [-0.4, -0.2) is 24.1 Å². The monoisotopic (exact) mass is 276 g/mol. The van der Waals surface area contributed by atoms with Gasteiger partial charge in [-0.3, -0.25) is 0 Å². The van der Waals surface area contributed by atoms with E-state index in [-0.39, 0.29) is 12.3 Å². The van der Waals surface area contributed by atoms with Gasteiger partial charge in [0, 0.05) is 5.92 Å². The SMILES string of the molecule is CC1OC(C(F)(F)F)(C(F)(F)F)C2C[C@H](C)C[C@H]12. The Balaban J connectivity index is 2.49. The van der Waals surface area contributed by atoms with Crippen LogP contribution >= 0.6 is 0 Å². The van der Waals surface area contributed by atoms with Gasteiger partial charge in [-0.05, 0) is 31.6 Å². The minimum absolute atomic E-state index is 0.0893. The van der Waals surface area contributed by atoms with Crippen LogP contribution in [0.3, 0.4) is 0 Å². The Hall–Kier alpha value is -0.460. The van der Waals surface area contributed by atoms with E-state index >= 15 is 0 Å². The van der Waals surface area contributed by atoms with E-state index in [0.717, 1.165) is 0 Å². The Morgan fingerprint density at radius 2 is 1.44 bits per heavy atom. The number of ether oxygens (including phenoxy) is 1. The molecule has 2 unspecified atom stereocenters. The highest BCUT2D eigenvalue weighted by molar-refractivity contribution is 5.11. The molecule has 1 nitrogen and oxygen atoms in total. The van der Waals surface area contributed by atoms with Crippen molar-refractivity contribution in [1.29, 1.82) is 0 Å². The van der Waals surface area contributed by atoms with Gasteiger partial charge in [0.05, 0.1) is 6.10 Å². The van der Waals surface area contributed by atoms with Crippen molar-refractivity contribution in [3.05, 3.63) is 0 Å². The van der Waals surface area contributed by atoms with Gasteiger partial charge in [-0.25, -0.2) is 0 Å². The Labute approximate surface area is 100 Å². The van der Waals surface area contributed by atoms with Gasteiger partial charge in [0.25, 0.3) is 5.60 Å². The Bertz CT molecular complexity index is 319. The molecule has 18 heavy (non-hydrogen) atoms. The fourth-order valence-electron chi connectivity index (χ4n) is 3.50. The smallest absolute Gasteiger partial charge is 0.354 e. The predicted octanol–water partition coefficient (Wildman–Crippen LogP) is 3.93. The molecule has 2 rings (SSSR count). The first-order valence-corrected chi connectivity index (χ1v) is 5.82. The second kappa shape index (κ2) is 3.77. The molecule has 0 amide bonds. The molecule has 7 heteroatoms. The second-order valence-electron chi connectivity index (χ2n) is 5.40. The van der Waals surface area contributed by atoms with Gasteiger partial charge in [0.15, 0.2) is 0 Å². The van der Waals surface area contributed by atoms with Crippen LogP contribution in [0.5, 0.6) is 0 Å². The molecule has 0 aromatic carbocycles. The lowest BCUT2D eigenvalue weighted by Crippen LogP contribution is -2.60.